The Balaban J connectivity index is 2.12. The lowest BCUT2D eigenvalue weighted by atomic mass is 9.92. The Kier molecular flexibility index (Phi) is 5.51. The van der Waals surface area contributed by atoms with Crippen LogP contribution in [0.2, 0.25) is 0 Å². The lowest BCUT2D eigenvalue weighted by Gasteiger charge is -2.16. The fourth-order valence-corrected chi connectivity index (χ4v) is 3.83. The second-order valence-corrected chi connectivity index (χ2v) is 7.34. The zero-order valence-electron chi connectivity index (χ0n) is 14.7. The van der Waals surface area contributed by atoms with Gasteiger partial charge in [0.15, 0.2) is 0 Å². The van der Waals surface area contributed by atoms with Gasteiger partial charge in [-0.1, -0.05) is 6.07 Å². The van der Waals surface area contributed by atoms with Crippen LogP contribution in [-0.4, -0.2) is 23.2 Å². The standard InChI is InChI=1S/C20H17F2NO3S/c1-11-10-23-20(27-11)17(9-19(24)25)13-5-12(6-15(22)7-13)16-4-3-14(21)8-18(16)26-2/h3-8,10,17H,9H2,1-2H3,(H,24,25). The molecule has 140 valence electrons. The first-order chi connectivity index (χ1) is 12.9. The van der Waals surface area contributed by atoms with E-state index in [1.807, 2.05) is 6.92 Å². The molecule has 0 radical (unpaired) electrons. The quantitative estimate of drug-likeness (QED) is 0.644. The van der Waals surface area contributed by atoms with E-state index in [1.165, 1.54) is 48.8 Å². The van der Waals surface area contributed by atoms with Crippen LogP contribution >= 0.6 is 11.3 Å². The SMILES string of the molecule is COc1cc(F)ccc1-c1cc(F)cc(C(CC(=O)O)c2ncc(C)s2)c1. The number of aromatic nitrogens is 1. The van der Waals surface area contributed by atoms with E-state index in [9.17, 15) is 18.7 Å². The summed E-state index contributed by atoms with van der Waals surface area (Å²) in [6.45, 7) is 1.87. The second kappa shape index (κ2) is 7.84. The predicted molar refractivity (Wildman–Crippen MR) is 99.3 cm³/mol. The molecule has 0 aliphatic heterocycles. The van der Waals surface area contributed by atoms with Gasteiger partial charge in [-0.05, 0) is 42.3 Å². The van der Waals surface area contributed by atoms with Crippen molar-refractivity contribution in [1.82, 2.24) is 4.98 Å². The van der Waals surface area contributed by atoms with Crippen LogP contribution in [0.3, 0.4) is 0 Å². The summed E-state index contributed by atoms with van der Waals surface area (Å²) in [5, 5.41) is 9.91. The minimum absolute atomic E-state index is 0.212. The molecule has 1 unspecified atom stereocenters. The molecule has 3 aromatic rings. The highest BCUT2D eigenvalue weighted by Crippen LogP contribution is 2.36. The minimum Gasteiger partial charge on any atom is -0.496 e. The molecule has 0 aliphatic carbocycles. The van der Waals surface area contributed by atoms with Crippen molar-refractivity contribution in [3.63, 3.8) is 0 Å². The molecule has 1 N–H and O–H groups in total. The molecule has 4 nitrogen and oxygen atoms in total. The van der Waals surface area contributed by atoms with E-state index in [0.717, 1.165) is 4.88 Å². The Morgan fingerprint density at radius 3 is 2.63 bits per heavy atom. The first kappa shape index (κ1) is 19.0. The molecule has 0 saturated heterocycles. The molecule has 1 heterocycles. The third-order valence-corrected chi connectivity index (χ3v) is 5.14. The van der Waals surface area contributed by atoms with E-state index in [1.54, 1.807) is 12.3 Å². The van der Waals surface area contributed by atoms with Crippen LogP contribution in [0.4, 0.5) is 8.78 Å². The number of halogens is 2. The van der Waals surface area contributed by atoms with Crippen LogP contribution in [0.25, 0.3) is 11.1 Å². The first-order valence-corrected chi connectivity index (χ1v) is 8.97. The lowest BCUT2D eigenvalue weighted by Crippen LogP contribution is -2.08. The summed E-state index contributed by atoms with van der Waals surface area (Å²) in [6, 6.07) is 8.31. The monoisotopic (exact) mass is 389 g/mol. The Bertz CT molecular complexity index is 987. The second-order valence-electron chi connectivity index (χ2n) is 6.08. The third kappa shape index (κ3) is 4.31. The highest BCUT2D eigenvalue weighted by atomic mass is 32.1. The van der Waals surface area contributed by atoms with Crippen LogP contribution in [-0.2, 0) is 4.79 Å². The minimum atomic E-state index is -1.00. The third-order valence-electron chi connectivity index (χ3n) is 4.11. The Morgan fingerprint density at radius 1 is 1.22 bits per heavy atom. The number of rotatable bonds is 6. The van der Waals surface area contributed by atoms with Gasteiger partial charge in [0.05, 0.1) is 13.5 Å². The molecule has 0 spiro atoms. The van der Waals surface area contributed by atoms with E-state index in [-0.39, 0.29) is 12.2 Å². The highest BCUT2D eigenvalue weighted by Gasteiger charge is 2.23. The molecule has 0 fully saturated rings. The largest absolute Gasteiger partial charge is 0.496 e. The van der Waals surface area contributed by atoms with Gasteiger partial charge in [-0.2, -0.15) is 0 Å². The van der Waals surface area contributed by atoms with E-state index < -0.39 is 23.5 Å². The molecule has 0 saturated carbocycles. The summed E-state index contributed by atoms with van der Waals surface area (Å²) in [5.74, 6) is -2.29. The number of thiazole rings is 1. The molecule has 3 rings (SSSR count). The number of hydrogen-bond acceptors (Lipinski definition) is 4. The average Bonchev–Trinajstić information content (AvgIpc) is 3.04. The number of carboxylic acids is 1. The van der Waals surface area contributed by atoms with Crippen molar-refractivity contribution in [2.45, 2.75) is 19.3 Å². The number of nitrogens with zero attached hydrogens (tertiary/aromatic N) is 1. The Morgan fingerprint density at radius 2 is 2.00 bits per heavy atom. The average molecular weight is 389 g/mol. The number of carbonyl (C=O) groups is 1. The topological polar surface area (TPSA) is 59.4 Å². The Hall–Kier alpha value is -2.80. The van der Waals surface area contributed by atoms with E-state index >= 15 is 0 Å². The Labute approximate surface area is 159 Å². The first-order valence-electron chi connectivity index (χ1n) is 8.16. The normalized spacial score (nSPS) is 12.0. The van der Waals surface area contributed by atoms with Gasteiger partial charge < -0.3 is 9.84 Å². The molecule has 1 aromatic heterocycles. The molecule has 2 aromatic carbocycles. The molecule has 1 atom stereocenters. The van der Waals surface area contributed by atoms with Gasteiger partial charge in [0.1, 0.15) is 22.4 Å². The van der Waals surface area contributed by atoms with Crippen molar-refractivity contribution in [3.8, 4) is 16.9 Å². The van der Waals surface area contributed by atoms with Gasteiger partial charge in [-0.15, -0.1) is 11.3 Å². The summed E-state index contributed by atoms with van der Waals surface area (Å²) in [4.78, 5) is 16.6. The van der Waals surface area contributed by atoms with Crippen molar-refractivity contribution in [2.75, 3.05) is 7.11 Å². The molecule has 0 aliphatic rings. The molecular formula is C20H17F2NO3S. The molecule has 0 amide bonds. The summed E-state index contributed by atoms with van der Waals surface area (Å²) < 4.78 is 33.1. The number of hydrogen-bond donors (Lipinski definition) is 1. The van der Waals surface area contributed by atoms with Crippen molar-refractivity contribution in [1.29, 1.82) is 0 Å². The number of aryl methyl sites for hydroxylation is 1. The van der Waals surface area contributed by atoms with Crippen LogP contribution in [0.15, 0.2) is 42.6 Å². The van der Waals surface area contributed by atoms with Crippen LogP contribution in [0, 0.1) is 18.6 Å². The maximum absolute atomic E-state index is 14.4. The highest BCUT2D eigenvalue weighted by molar-refractivity contribution is 7.11. The number of methoxy groups -OCH3 is 1. The summed E-state index contributed by atoms with van der Waals surface area (Å²) in [5.41, 5.74) is 1.49. The molecule has 27 heavy (non-hydrogen) atoms. The van der Waals surface area contributed by atoms with Crippen molar-refractivity contribution in [2.24, 2.45) is 0 Å². The van der Waals surface area contributed by atoms with Crippen molar-refractivity contribution >= 4 is 17.3 Å². The number of ether oxygens (including phenoxy) is 1. The van der Waals surface area contributed by atoms with Gasteiger partial charge in [0.2, 0.25) is 0 Å². The molecular weight excluding hydrogens is 372 g/mol. The fourth-order valence-electron chi connectivity index (χ4n) is 2.93. The maximum Gasteiger partial charge on any atom is 0.304 e. The van der Waals surface area contributed by atoms with Crippen molar-refractivity contribution in [3.05, 3.63) is 69.7 Å². The smallest absolute Gasteiger partial charge is 0.304 e. The van der Waals surface area contributed by atoms with E-state index in [2.05, 4.69) is 4.98 Å². The summed E-state index contributed by atoms with van der Waals surface area (Å²) in [7, 11) is 1.41. The predicted octanol–water partition coefficient (Wildman–Crippen LogP) is 5.01. The van der Waals surface area contributed by atoms with Crippen LogP contribution in [0.1, 0.15) is 27.8 Å². The van der Waals surface area contributed by atoms with Gasteiger partial charge in [-0.3, -0.25) is 4.79 Å². The van der Waals surface area contributed by atoms with Crippen LogP contribution < -0.4 is 4.74 Å². The van der Waals surface area contributed by atoms with Crippen molar-refractivity contribution < 1.29 is 23.4 Å². The number of benzene rings is 2. The van der Waals surface area contributed by atoms with E-state index in [4.69, 9.17) is 4.74 Å². The number of aliphatic carboxylic acids is 1. The summed E-state index contributed by atoms with van der Waals surface area (Å²) in [6.07, 6.45) is 1.45. The fraction of sp³-hybridized carbons (Fsp3) is 0.200. The van der Waals surface area contributed by atoms with Crippen LogP contribution in [0.5, 0.6) is 5.75 Å². The number of carboxylic acid groups (broad SMARTS) is 1. The van der Waals surface area contributed by atoms with Gasteiger partial charge in [-0.25, -0.2) is 13.8 Å². The zero-order valence-corrected chi connectivity index (χ0v) is 15.5. The molecule has 0 bridgehead atoms. The lowest BCUT2D eigenvalue weighted by molar-refractivity contribution is -0.137. The van der Waals surface area contributed by atoms with Gasteiger partial charge in [0, 0.05) is 28.6 Å². The molecule has 7 heteroatoms. The summed E-state index contributed by atoms with van der Waals surface area (Å²) >= 11 is 1.38. The van der Waals surface area contributed by atoms with Gasteiger partial charge >= 0.3 is 5.97 Å². The van der Waals surface area contributed by atoms with E-state index in [0.29, 0.717) is 21.7 Å². The van der Waals surface area contributed by atoms with Gasteiger partial charge in [0.25, 0.3) is 0 Å². The maximum atomic E-state index is 14.4. The zero-order chi connectivity index (χ0) is 19.6.